The van der Waals surface area contributed by atoms with Gasteiger partial charge in [-0.15, -0.1) is 0 Å². The Balaban J connectivity index is 1.34. The van der Waals surface area contributed by atoms with Gasteiger partial charge in [0.2, 0.25) is 23.5 Å². The third-order valence-electron chi connectivity index (χ3n) is 6.82. The fraction of sp³-hybridized carbons (Fsp3) is 0.267. The molecule has 7 nitrogen and oxygen atoms in total. The van der Waals surface area contributed by atoms with E-state index in [0.717, 1.165) is 24.0 Å². The number of hydrogen-bond donors (Lipinski definition) is 0. The summed E-state index contributed by atoms with van der Waals surface area (Å²) >= 11 is 5.99. The maximum absolute atomic E-state index is 13.7. The lowest BCUT2D eigenvalue weighted by molar-refractivity contribution is -0.143. The van der Waals surface area contributed by atoms with Crippen LogP contribution in [0.1, 0.15) is 42.3 Å². The van der Waals surface area contributed by atoms with Crippen LogP contribution < -0.4 is 0 Å². The summed E-state index contributed by atoms with van der Waals surface area (Å²) in [5.41, 5.74) is 2.37. The summed E-state index contributed by atoms with van der Waals surface area (Å²) in [5, 5.41) is 4.74. The largest absolute Gasteiger partial charge is 0.337 e. The van der Waals surface area contributed by atoms with E-state index in [0.29, 0.717) is 35.3 Å². The molecule has 0 aliphatic carbocycles. The number of aromatic nitrogens is 2. The van der Waals surface area contributed by atoms with Crippen LogP contribution in [-0.4, -0.2) is 44.8 Å². The standard InChI is InChI=1S/C30H28ClFN4O3/c31-24-13-11-23(12-14-24)29-33-30(39-34-29)26-8-4-5-17-36(26)28(38)20-35(19-22-6-2-1-3-7-22)27(37)18-21-9-15-25(32)16-10-21/h1-3,6-7,9-16,26H,4-5,8,17-20H2/t26-/m0/s1. The molecule has 1 atom stereocenters. The number of piperidine rings is 1. The molecule has 9 heteroatoms. The lowest BCUT2D eigenvalue weighted by atomic mass is 10.0. The van der Waals surface area contributed by atoms with Gasteiger partial charge in [-0.2, -0.15) is 4.98 Å². The van der Waals surface area contributed by atoms with Crippen molar-refractivity contribution in [3.63, 3.8) is 0 Å². The molecule has 39 heavy (non-hydrogen) atoms. The second-order valence-corrected chi connectivity index (χ2v) is 10.0. The molecule has 0 saturated carbocycles. The van der Waals surface area contributed by atoms with E-state index in [1.165, 1.54) is 12.1 Å². The number of hydrogen-bond acceptors (Lipinski definition) is 5. The molecule has 3 aromatic carbocycles. The molecule has 1 aliphatic heterocycles. The number of benzene rings is 3. The minimum absolute atomic E-state index is 0.0674. The Morgan fingerprint density at radius 2 is 1.72 bits per heavy atom. The van der Waals surface area contributed by atoms with Gasteiger partial charge in [0.25, 0.3) is 0 Å². The number of rotatable bonds is 8. The molecule has 1 saturated heterocycles. The molecule has 2 amide bonds. The lowest BCUT2D eigenvalue weighted by Gasteiger charge is -2.35. The van der Waals surface area contributed by atoms with Gasteiger partial charge in [0.05, 0.1) is 6.42 Å². The van der Waals surface area contributed by atoms with E-state index in [1.807, 2.05) is 42.5 Å². The first kappa shape index (κ1) is 26.6. The van der Waals surface area contributed by atoms with Gasteiger partial charge in [-0.05, 0) is 66.8 Å². The zero-order chi connectivity index (χ0) is 27.2. The molecular formula is C30H28ClFN4O3. The first-order chi connectivity index (χ1) is 19.0. The van der Waals surface area contributed by atoms with Crippen LogP contribution in [0.3, 0.4) is 0 Å². The average molecular weight is 547 g/mol. The number of halogens is 2. The second-order valence-electron chi connectivity index (χ2n) is 9.60. The summed E-state index contributed by atoms with van der Waals surface area (Å²) in [6.07, 6.45) is 2.53. The maximum atomic E-state index is 13.7. The van der Waals surface area contributed by atoms with Crippen molar-refractivity contribution in [2.45, 2.75) is 38.3 Å². The molecule has 0 spiro atoms. The molecular weight excluding hydrogens is 519 g/mol. The quantitative estimate of drug-likeness (QED) is 0.277. The van der Waals surface area contributed by atoms with Gasteiger partial charge >= 0.3 is 0 Å². The number of carbonyl (C=O) groups excluding carboxylic acids is 2. The molecule has 0 unspecified atom stereocenters. The third kappa shape index (κ3) is 6.70. The highest BCUT2D eigenvalue weighted by Crippen LogP contribution is 2.31. The monoisotopic (exact) mass is 546 g/mol. The van der Waals surface area contributed by atoms with Crippen molar-refractivity contribution in [2.75, 3.05) is 13.1 Å². The smallest absolute Gasteiger partial charge is 0.249 e. The highest BCUT2D eigenvalue weighted by Gasteiger charge is 2.33. The molecule has 0 bridgehead atoms. The van der Waals surface area contributed by atoms with Crippen LogP contribution >= 0.6 is 11.6 Å². The molecule has 0 radical (unpaired) electrons. The van der Waals surface area contributed by atoms with Crippen LogP contribution in [0.25, 0.3) is 11.4 Å². The molecule has 5 rings (SSSR count). The number of nitrogens with zero attached hydrogens (tertiary/aromatic N) is 4. The highest BCUT2D eigenvalue weighted by molar-refractivity contribution is 6.30. The molecule has 1 aliphatic rings. The summed E-state index contributed by atoms with van der Waals surface area (Å²) in [7, 11) is 0. The normalized spacial score (nSPS) is 15.2. The van der Waals surface area contributed by atoms with E-state index >= 15 is 0 Å². The van der Waals surface area contributed by atoms with Crippen molar-refractivity contribution in [3.8, 4) is 11.4 Å². The highest BCUT2D eigenvalue weighted by atomic mass is 35.5. The van der Waals surface area contributed by atoms with Crippen molar-refractivity contribution in [1.82, 2.24) is 19.9 Å². The predicted molar refractivity (Wildman–Crippen MR) is 145 cm³/mol. The average Bonchev–Trinajstić information content (AvgIpc) is 3.45. The van der Waals surface area contributed by atoms with Gasteiger partial charge in [-0.1, -0.05) is 59.2 Å². The van der Waals surface area contributed by atoms with Crippen LogP contribution in [0.15, 0.2) is 83.4 Å². The minimum Gasteiger partial charge on any atom is -0.337 e. The van der Waals surface area contributed by atoms with Gasteiger partial charge in [-0.25, -0.2) is 4.39 Å². The SMILES string of the molecule is O=C(Cc1ccc(F)cc1)N(CC(=O)N1CCCC[C@H]1c1nc(-c2ccc(Cl)cc2)no1)Cc1ccccc1. The number of likely N-dealkylation sites (tertiary alicyclic amines) is 1. The summed E-state index contributed by atoms with van der Waals surface area (Å²) in [5.74, 6) is 0.0449. The van der Waals surface area contributed by atoms with Crippen LogP contribution in [0.2, 0.25) is 5.02 Å². The Morgan fingerprint density at radius 3 is 2.46 bits per heavy atom. The first-order valence-corrected chi connectivity index (χ1v) is 13.3. The maximum Gasteiger partial charge on any atom is 0.249 e. The Labute approximate surface area is 231 Å². The number of amides is 2. The van der Waals surface area contributed by atoms with E-state index in [9.17, 15) is 14.0 Å². The topological polar surface area (TPSA) is 79.5 Å². The molecule has 2 heterocycles. The summed E-state index contributed by atoms with van der Waals surface area (Å²) in [4.78, 5) is 34.9. The fourth-order valence-corrected chi connectivity index (χ4v) is 4.88. The van der Waals surface area contributed by atoms with Crippen molar-refractivity contribution in [2.24, 2.45) is 0 Å². The van der Waals surface area contributed by atoms with E-state index in [1.54, 1.807) is 34.1 Å². The molecule has 1 fully saturated rings. The zero-order valence-electron chi connectivity index (χ0n) is 21.3. The zero-order valence-corrected chi connectivity index (χ0v) is 22.1. The predicted octanol–water partition coefficient (Wildman–Crippen LogP) is 5.85. The fourth-order valence-electron chi connectivity index (χ4n) is 4.75. The van der Waals surface area contributed by atoms with E-state index < -0.39 is 0 Å². The lowest BCUT2D eigenvalue weighted by Crippen LogP contribution is -2.46. The first-order valence-electron chi connectivity index (χ1n) is 12.9. The van der Waals surface area contributed by atoms with E-state index in [4.69, 9.17) is 16.1 Å². The molecule has 4 aromatic rings. The van der Waals surface area contributed by atoms with Crippen molar-refractivity contribution in [3.05, 3.63) is 107 Å². The van der Waals surface area contributed by atoms with Crippen LogP contribution in [-0.2, 0) is 22.6 Å². The van der Waals surface area contributed by atoms with Gasteiger partial charge in [0.15, 0.2) is 0 Å². The minimum atomic E-state index is -0.370. The summed E-state index contributed by atoms with van der Waals surface area (Å²) in [6.45, 7) is 0.726. The van der Waals surface area contributed by atoms with Gasteiger partial charge in [-0.3, -0.25) is 9.59 Å². The summed E-state index contributed by atoms with van der Waals surface area (Å²) < 4.78 is 19.0. The summed E-state index contributed by atoms with van der Waals surface area (Å²) in [6, 6.07) is 22.1. The van der Waals surface area contributed by atoms with Crippen LogP contribution in [0.5, 0.6) is 0 Å². The Morgan fingerprint density at radius 1 is 0.974 bits per heavy atom. The number of carbonyl (C=O) groups is 2. The van der Waals surface area contributed by atoms with Crippen molar-refractivity contribution >= 4 is 23.4 Å². The van der Waals surface area contributed by atoms with E-state index in [-0.39, 0.29) is 43.2 Å². The van der Waals surface area contributed by atoms with E-state index in [2.05, 4.69) is 10.1 Å². The molecule has 1 aromatic heterocycles. The van der Waals surface area contributed by atoms with Crippen LogP contribution in [0.4, 0.5) is 4.39 Å². The molecule has 200 valence electrons. The molecule has 0 N–H and O–H groups in total. The van der Waals surface area contributed by atoms with Gasteiger partial charge < -0.3 is 14.3 Å². The van der Waals surface area contributed by atoms with Crippen molar-refractivity contribution in [1.29, 1.82) is 0 Å². The van der Waals surface area contributed by atoms with Gasteiger partial charge in [0, 0.05) is 23.7 Å². The van der Waals surface area contributed by atoms with Gasteiger partial charge in [0.1, 0.15) is 18.4 Å². The third-order valence-corrected chi connectivity index (χ3v) is 7.07. The second kappa shape index (κ2) is 12.2. The van der Waals surface area contributed by atoms with Crippen LogP contribution in [0, 0.1) is 5.82 Å². The Kier molecular flexibility index (Phi) is 8.32. The van der Waals surface area contributed by atoms with Crippen molar-refractivity contribution < 1.29 is 18.5 Å². The Hall–Kier alpha value is -4.04. The Bertz CT molecular complexity index is 1410.